The highest BCUT2D eigenvalue weighted by molar-refractivity contribution is 5.79. The maximum atomic E-state index is 10.8. The molecule has 3 N–H and O–H groups in total. The highest BCUT2D eigenvalue weighted by Crippen LogP contribution is 2.27. The molecule has 1 aromatic heterocycles. The Morgan fingerprint density at radius 2 is 2.31 bits per heavy atom. The van der Waals surface area contributed by atoms with Crippen LogP contribution in [0.25, 0.3) is 0 Å². The van der Waals surface area contributed by atoms with Gasteiger partial charge in [0.2, 0.25) is 11.7 Å². The predicted molar refractivity (Wildman–Crippen MR) is 57.0 cm³/mol. The Balaban J connectivity index is 3.11. The Kier molecular flexibility index (Phi) is 3.44. The standard InChI is InChI=1S/C8H13N5O3/c1-3-12-8(10-4-6(9)14)7(13(15)16)5(2)11-12/h10H,3-4H2,1-2H3,(H2,9,14). The Labute approximate surface area is 91.6 Å². The molecule has 0 atom stereocenters. The summed E-state index contributed by atoms with van der Waals surface area (Å²) in [5.74, 6) is -0.375. The third-order valence-corrected chi connectivity index (χ3v) is 2.01. The molecule has 0 saturated heterocycles. The highest BCUT2D eigenvalue weighted by Gasteiger charge is 2.24. The number of anilines is 1. The van der Waals surface area contributed by atoms with Gasteiger partial charge in [-0.2, -0.15) is 5.10 Å². The SMILES string of the molecule is CCn1nc(C)c([N+](=O)[O-])c1NCC(N)=O. The first-order chi connectivity index (χ1) is 7.47. The van der Waals surface area contributed by atoms with Crippen molar-refractivity contribution in [2.45, 2.75) is 20.4 Å². The minimum absolute atomic E-state index is 0.122. The summed E-state index contributed by atoms with van der Waals surface area (Å²) in [4.78, 5) is 20.9. The van der Waals surface area contributed by atoms with E-state index in [0.717, 1.165) is 0 Å². The van der Waals surface area contributed by atoms with Crippen LogP contribution in [0.1, 0.15) is 12.6 Å². The van der Waals surface area contributed by atoms with Crippen molar-refractivity contribution >= 4 is 17.4 Å². The molecule has 0 radical (unpaired) electrons. The minimum atomic E-state index is -0.587. The average Bonchev–Trinajstić information content (AvgIpc) is 2.51. The van der Waals surface area contributed by atoms with Crippen LogP contribution in [0.3, 0.4) is 0 Å². The predicted octanol–water partition coefficient (Wildman–Crippen LogP) is 0.0168. The molecular weight excluding hydrogens is 214 g/mol. The van der Waals surface area contributed by atoms with Gasteiger partial charge in [-0.05, 0) is 13.8 Å². The summed E-state index contributed by atoms with van der Waals surface area (Å²) in [7, 11) is 0. The van der Waals surface area contributed by atoms with Crippen LogP contribution in [-0.2, 0) is 11.3 Å². The monoisotopic (exact) mass is 227 g/mol. The number of hydrogen-bond acceptors (Lipinski definition) is 5. The summed E-state index contributed by atoms with van der Waals surface area (Å²) < 4.78 is 1.43. The maximum Gasteiger partial charge on any atom is 0.333 e. The van der Waals surface area contributed by atoms with Crippen molar-refractivity contribution in [1.29, 1.82) is 0 Å². The lowest BCUT2D eigenvalue weighted by atomic mass is 10.4. The Morgan fingerprint density at radius 1 is 1.69 bits per heavy atom. The fraction of sp³-hybridized carbons (Fsp3) is 0.500. The summed E-state index contributed by atoms with van der Waals surface area (Å²) in [5, 5.41) is 17.4. The van der Waals surface area contributed by atoms with E-state index in [9.17, 15) is 14.9 Å². The molecule has 0 unspecified atom stereocenters. The van der Waals surface area contributed by atoms with E-state index in [0.29, 0.717) is 12.2 Å². The van der Waals surface area contributed by atoms with Gasteiger partial charge >= 0.3 is 5.69 Å². The number of aromatic nitrogens is 2. The third-order valence-electron chi connectivity index (χ3n) is 2.01. The summed E-state index contributed by atoms with van der Waals surface area (Å²) in [6.07, 6.45) is 0. The van der Waals surface area contributed by atoms with Gasteiger partial charge in [-0.1, -0.05) is 0 Å². The lowest BCUT2D eigenvalue weighted by molar-refractivity contribution is -0.384. The molecular formula is C8H13N5O3. The van der Waals surface area contributed by atoms with E-state index in [-0.39, 0.29) is 18.1 Å². The van der Waals surface area contributed by atoms with Gasteiger partial charge in [-0.15, -0.1) is 0 Å². The van der Waals surface area contributed by atoms with Crippen molar-refractivity contribution in [2.75, 3.05) is 11.9 Å². The Morgan fingerprint density at radius 3 is 2.75 bits per heavy atom. The molecule has 0 aromatic carbocycles. The van der Waals surface area contributed by atoms with Gasteiger partial charge in [0.25, 0.3) is 0 Å². The second-order valence-corrected chi connectivity index (χ2v) is 3.18. The van der Waals surface area contributed by atoms with E-state index < -0.39 is 10.8 Å². The van der Waals surface area contributed by atoms with Crippen LogP contribution in [0, 0.1) is 17.0 Å². The maximum absolute atomic E-state index is 10.8. The summed E-state index contributed by atoms with van der Waals surface area (Å²) in [6, 6.07) is 0. The molecule has 0 bridgehead atoms. The van der Waals surface area contributed by atoms with Crippen LogP contribution >= 0.6 is 0 Å². The van der Waals surface area contributed by atoms with Gasteiger partial charge in [0, 0.05) is 6.54 Å². The molecule has 0 fully saturated rings. The molecule has 1 heterocycles. The number of amides is 1. The number of carbonyl (C=O) groups is 1. The van der Waals surface area contributed by atoms with Crippen LogP contribution in [-0.4, -0.2) is 27.2 Å². The van der Waals surface area contributed by atoms with Gasteiger partial charge in [0.1, 0.15) is 5.69 Å². The van der Waals surface area contributed by atoms with Crippen molar-refractivity contribution < 1.29 is 9.72 Å². The van der Waals surface area contributed by atoms with Crippen molar-refractivity contribution in [2.24, 2.45) is 5.73 Å². The summed E-state index contributed by atoms with van der Waals surface area (Å²) in [5.41, 5.74) is 5.15. The van der Waals surface area contributed by atoms with Crippen LogP contribution in [0.5, 0.6) is 0 Å². The smallest absolute Gasteiger partial charge is 0.333 e. The lowest BCUT2D eigenvalue weighted by Crippen LogP contribution is -2.23. The average molecular weight is 227 g/mol. The molecule has 16 heavy (non-hydrogen) atoms. The van der Waals surface area contributed by atoms with Crippen molar-refractivity contribution in [1.82, 2.24) is 9.78 Å². The Hall–Kier alpha value is -2.12. The fourth-order valence-corrected chi connectivity index (χ4v) is 1.37. The number of aryl methyl sites for hydroxylation is 2. The second kappa shape index (κ2) is 4.60. The molecule has 0 aliphatic heterocycles. The number of nitrogens with two attached hydrogens (primary N) is 1. The first kappa shape index (κ1) is 12.0. The van der Waals surface area contributed by atoms with Crippen LogP contribution in [0.15, 0.2) is 0 Å². The zero-order valence-electron chi connectivity index (χ0n) is 9.06. The number of primary amides is 1. The molecule has 0 spiro atoms. The quantitative estimate of drug-likeness (QED) is 0.543. The van der Waals surface area contributed by atoms with E-state index >= 15 is 0 Å². The van der Waals surface area contributed by atoms with Gasteiger partial charge in [-0.25, -0.2) is 4.68 Å². The highest BCUT2D eigenvalue weighted by atomic mass is 16.6. The number of carbonyl (C=O) groups excluding carboxylic acids is 1. The molecule has 1 aromatic rings. The summed E-state index contributed by atoms with van der Waals surface area (Å²) >= 11 is 0. The van der Waals surface area contributed by atoms with E-state index in [1.54, 1.807) is 13.8 Å². The minimum Gasteiger partial charge on any atom is -0.368 e. The number of nitro groups is 1. The molecule has 1 amide bonds. The normalized spacial score (nSPS) is 10.1. The number of rotatable bonds is 5. The van der Waals surface area contributed by atoms with Crippen LogP contribution in [0.2, 0.25) is 0 Å². The van der Waals surface area contributed by atoms with E-state index in [2.05, 4.69) is 10.4 Å². The van der Waals surface area contributed by atoms with Crippen molar-refractivity contribution in [3.05, 3.63) is 15.8 Å². The van der Waals surface area contributed by atoms with E-state index in [1.165, 1.54) is 4.68 Å². The zero-order valence-corrected chi connectivity index (χ0v) is 9.06. The molecule has 88 valence electrons. The fourth-order valence-electron chi connectivity index (χ4n) is 1.37. The zero-order chi connectivity index (χ0) is 12.3. The van der Waals surface area contributed by atoms with Crippen LogP contribution in [0.4, 0.5) is 11.5 Å². The largest absolute Gasteiger partial charge is 0.368 e. The third kappa shape index (κ3) is 2.27. The number of hydrogen-bond donors (Lipinski definition) is 2. The summed E-state index contributed by atoms with van der Waals surface area (Å²) in [6.45, 7) is 3.65. The van der Waals surface area contributed by atoms with Crippen LogP contribution < -0.4 is 11.1 Å². The van der Waals surface area contributed by atoms with Gasteiger partial charge in [-0.3, -0.25) is 14.9 Å². The Bertz CT molecular complexity index is 426. The molecule has 8 heteroatoms. The van der Waals surface area contributed by atoms with E-state index in [4.69, 9.17) is 5.73 Å². The molecule has 0 aliphatic rings. The molecule has 0 saturated carbocycles. The van der Waals surface area contributed by atoms with Crippen molar-refractivity contribution in [3.8, 4) is 0 Å². The molecule has 1 rings (SSSR count). The number of nitrogens with one attached hydrogen (secondary N) is 1. The second-order valence-electron chi connectivity index (χ2n) is 3.18. The van der Waals surface area contributed by atoms with Gasteiger partial charge in [0.15, 0.2) is 0 Å². The molecule has 0 aliphatic carbocycles. The lowest BCUT2D eigenvalue weighted by Gasteiger charge is -2.04. The first-order valence-corrected chi connectivity index (χ1v) is 4.71. The van der Waals surface area contributed by atoms with Crippen molar-refractivity contribution in [3.63, 3.8) is 0 Å². The first-order valence-electron chi connectivity index (χ1n) is 4.71. The molecule has 8 nitrogen and oxygen atoms in total. The number of nitrogens with zero attached hydrogens (tertiary/aromatic N) is 3. The van der Waals surface area contributed by atoms with Gasteiger partial charge < -0.3 is 11.1 Å². The van der Waals surface area contributed by atoms with Gasteiger partial charge in [0.05, 0.1) is 11.5 Å². The van der Waals surface area contributed by atoms with E-state index in [1.807, 2.05) is 0 Å². The topological polar surface area (TPSA) is 116 Å².